The van der Waals surface area contributed by atoms with Crippen molar-refractivity contribution < 1.29 is 14.7 Å². The van der Waals surface area contributed by atoms with E-state index in [-0.39, 0.29) is 17.8 Å². The van der Waals surface area contributed by atoms with Gasteiger partial charge in [-0.25, -0.2) is 0 Å². The van der Waals surface area contributed by atoms with Crippen molar-refractivity contribution in [3.05, 3.63) is 12.7 Å². The van der Waals surface area contributed by atoms with Gasteiger partial charge in [0.05, 0.1) is 11.8 Å². The van der Waals surface area contributed by atoms with E-state index in [1.54, 1.807) is 4.90 Å². The van der Waals surface area contributed by atoms with Gasteiger partial charge >= 0.3 is 5.97 Å². The number of β-lactam (4-membered cyclic amide) rings is 1. The summed E-state index contributed by atoms with van der Waals surface area (Å²) in [6.45, 7) is 3.83. The van der Waals surface area contributed by atoms with Crippen LogP contribution in [0.2, 0.25) is 0 Å². The van der Waals surface area contributed by atoms with Crippen LogP contribution < -0.4 is 0 Å². The highest BCUT2D eigenvalue weighted by Gasteiger charge is 2.50. The van der Waals surface area contributed by atoms with Crippen molar-refractivity contribution in [2.75, 3.05) is 12.3 Å². The Labute approximate surface area is 86.0 Å². The van der Waals surface area contributed by atoms with E-state index in [9.17, 15) is 9.59 Å². The first kappa shape index (κ1) is 9.58. The molecule has 4 nitrogen and oxygen atoms in total. The average molecular weight is 213 g/mol. The van der Waals surface area contributed by atoms with Gasteiger partial charge in [-0.2, -0.15) is 0 Å². The number of carboxylic acid groups (broad SMARTS) is 1. The first-order chi connectivity index (χ1) is 6.59. The lowest BCUT2D eigenvalue weighted by atomic mass is 9.88. The van der Waals surface area contributed by atoms with E-state index < -0.39 is 11.4 Å². The van der Waals surface area contributed by atoms with E-state index in [1.807, 2.05) is 0 Å². The highest BCUT2D eigenvalue weighted by molar-refractivity contribution is 8.00. The Kier molecular flexibility index (Phi) is 2.06. The Balaban J connectivity index is 2.19. The molecular formula is C9H11NO3S. The van der Waals surface area contributed by atoms with Crippen LogP contribution in [-0.2, 0) is 9.59 Å². The third-order valence-corrected chi connectivity index (χ3v) is 4.31. The van der Waals surface area contributed by atoms with Crippen LogP contribution >= 0.6 is 11.8 Å². The quantitative estimate of drug-likeness (QED) is 0.537. The normalized spacial score (nSPS) is 35.9. The molecule has 0 aromatic heterocycles. The second-order valence-corrected chi connectivity index (χ2v) is 4.82. The van der Waals surface area contributed by atoms with E-state index in [2.05, 4.69) is 6.58 Å². The fourth-order valence-corrected chi connectivity index (χ4v) is 3.15. The van der Waals surface area contributed by atoms with E-state index in [4.69, 9.17) is 5.11 Å². The second kappa shape index (κ2) is 3.02. The molecule has 1 unspecified atom stereocenters. The van der Waals surface area contributed by atoms with Gasteiger partial charge in [0, 0.05) is 12.3 Å². The van der Waals surface area contributed by atoms with Crippen molar-refractivity contribution in [2.24, 2.45) is 5.41 Å². The number of carbonyl (C=O) groups excluding carboxylic acids is 1. The first-order valence-corrected chi connectivity index (χ1v) is 5.42. The first-order valence-electron chi connectivity index (χ1n) is 4.37. The van der Waals surface area contributed by atoms with Crippen molar-refractivity contribution in [2.45, 2.75) is 11.8 Å². The van der Waals surface area contributed by atoms with Gasteiger partial charge in [-0.15, -0.1) is 18.3 Å². The number of amides is 1. The zero-order valence-corrected chi connectivity index (χ0v) is 8.42. The van der Waals surface area contributed by atoms with Crippen LogP contribution in [0, 0.1) is 5.41 Å². The lowest BCUT2D eigenvalue weighted by molar-refractivity contribution is -0.152. The van der Waals surface area contributed by atoms with Gasteiger partial charge in [0.15, 0.2) is 0 Å². The number of hydrogen-bond acceptors (Lipinski definition) is 3. The van der Waals surface area contributed by atoms with Gasteiger partial charge in [-0.1, -0.05) is 6.08 Å². The summed E-state index contributed by atoms with van der Waals surface area (Å²) in [5.74, 6) is -0.326. The predicted molar refractivity (Wildman–Crippen MR) is 52.8 cm³/mol. The average Bonchev–Trinajstić information content (AvgIpc) is 2.16. The molecule has 14 heavy (non-hydrogen) atoms. The number of nitrogens with zero attached hydrogens (tertiary/aromatic N) is 1. The van der Waals surface area contributed by atoms with E-state index >= 15 is 0 Å². The molecule has 0 aliphatic carbocycles. The van der Waals surface area contributed by atoms with Crippen molar-refractivity contribution in [1.29, 1.82) is 0 Å². The lowest BCUT2D eigenvalue weighted by Crippen LogP contribution is -2.60. The molecule has 1 amide bonds. The molecule has 2 aliphatic heterocycles. The van der Waals surface area contributed by atoms with Gasteiger partial charge < -0.3 is 10.0 Å². The molecule has 2 aliphatic rings. The van der Waals surface area contributed by atoms with Crippen LogP contribution in [0.5, 0.6) is 0 Å². The minimum absolute atomic E-state index is 0.0506. The van der Waals surface area contributed by atoms with Crippen LogP contribution in [0.3, 0.4) is 0 Å². The Morgan fingerprint density at radius 2 is 2.50 bits per heavy atom. The molecule has 0 aromatic rings. The maximum absolute atomic E-state index is 11.2. The molecule has 0 spiro atoms. The number of hydrogen-bond donors (Lipinski definition) is 1. The summed E-state index contributed by atoms with van der Waals surface area (Å²) in [5.41, 5.74) is -0.947. The van der Waals surface area contributed by atoms with Crippen molar-refractivity contribution in [3.63, 3.8) is 0 Å². The standard InChI is InChI=1S/C9H11NO3S/c1-2-9(8(12)13)4-10-6(11)3-7(10)14-5-9/h2,7H,1,3-5H2,(H,12,13)/t7-,9?/m1/s1. The summed E-state index contributed by atoms with van der Waals surface area (Å²) in [6.07, 6.45) is 2.00. The topological polar surface area (TPSA) is 57.6 Å². The zero-order chi connectivity index (χ0) is 10.3. The van der Waals surface area contributed by atoms with Gasteiger partial charge in [-0.05, 0) is 0 Å². The number of carboxylic acids is 1. The van der Waals surface area contributed by atoms with Crippen LogP contribution in [0.25, 0.3) is 0 Å². The largest absolute Gasteiger partial charge is 0.481 e. The molecular weight excluding hydrogens is 202 g/mol. The van der Waals surface area contributed by atoms with Gasteiger partial charge in [0.1, 0.15) is 5.41 Å². The minimum atomic E-state index is -0.947. The molecule has 2 atom stereocenters. The Morgan fingerprint density at radius 3 is 3.00 bits per heavy atom. The molecule has 0 saturated carbocycles. The Bertz CT molecular complexity index is 317. The molecule has 5 heteroatoms. The number of carbonyl (C=O) groups is 2. The van der Waals surface area contributed by atoms with Gasteiger partial charge in [-0.3, -0.25) is 9.59 Å². The fraction of sp³-hybridized carbons (Fsp3) is 0.556. The molecule has 76 valence electrons. The molecule has 0 aromatic carbocycles. The van der Waals surface area contributed by atoms with Crippen molar-refractivity contribution >= 4 is 23.6 Å². The van der Waals surface area contributed by atoms with Crippen LogP contribution in [0.1, 0.15) is 6.42 Å². The summed E-state index contributed by atoms with van der Waals surface area (Å²) < 4.78 is 0. The Hall–Kier alpha value is -0.970. The van der Waals surface area contributed by atoms with E-state index in [0.29, 0.717) is 12.2 Å². The Morgan fingerprint density at radius 1 is 1.79 bits per heavy atom. The van der Waals surface area contributed by atoms with E-state index in [0.717, 1.165) is 0 Å². The van der Waals surface area contributed by atoms with Crippen molar-refractivity contribution in [1.82, 2.24) is 4.90 Å². The summed E-state index contributed by atoms with van der Waals surface area (Å²) in [7, 11) is 0. The van der Waals surface area contributed by atoms with Crippen LogP contribution in [-0.4, -0.2) is 39.6 Å². The molecule has 2 rings (SSSR count). The maximum atomic E-state index is 11.2. The number of fused-ring (bicyclic) bond motifs is 1. The van der Waals surface area contributed by atoms with Gasteiger partial charge in [0.25, 0.3) is 0 Å². The SMILES string of the molecule is C=CC1(C(=O)O)CS[C@@H]2CC(=O)N2C1. The van der Waals surface area contributed by atoms with Crippen molar-refractivity contribution in [3.8, 4) is 0 Å². The van der Waals surface area contributed by atoms with Gasteiger partial charge in [0.2, 0.25) is 5.91 Å². The predicted octanol–water partition coefficient (Wildman–Crippen LogP) is 0.549. The third-order valence-electron chi connectivity index (χ3n) is 2.82. The maximum Gasteiger partial charge on any atom is 0.316 e. The molecule has 0 bridgehead atoms. The summed E-state index contributed by atoms with van der Waals surface area (Å²) in [4.78, 5) is 23.9. The second-order valence-electron chi connectivity index (χ2n) is 3.66. The highest BCUT2D eigenvalue weighted by Crippen LogP contribution is 2.42. The number of thioether (sulfide) groups is 1. The molecule has 0 radical (unpaired) electrons. The molecule has 2 fully saturated rings. The summed E-state index contributed by atoms with van der Waals surface area (Å²) in [6, 6.07) is 0. The summed E-state index contributed by atoms with van der Waals surface area (Å²) >= 11 is 1.53. The van der Waals surface area contributed by atoms with E-state index in [1.165, 1.54) is 17.8 Å². The fourth-order valence-electron chi connectivity index (χ4n) is 1.70. The van der Waals surface area contributed by atoms with Crippen LogP contribution in [0.4, 0.5) is 0 Å². The number of aliphatic carboxylic acids is 1. The lowest BCUT2D eigenvalue weighted by Gasteiger charge is -2.48. The van der Waals surface area contributed by atoms with Crippen LogP contribution in [0.15, 0.2) is 12.7 Å². The highest BCUT2D eigenvalue weighted by atomic mass is 32.2. The third kappa shape index (κ3) is 1.15. The number of rotatable bonds is 2. The monoisotopic (exact) mass is 213 g/mol. The molecule has 2 saturated heterocycles. The smallest absolute Gasteiger partial charge is 0.316 e. The molecule has 2 heterocycles. The minimum Gasteiger partial charge on any atom is -0.481 e. The molecule has 1 N–H and O–H groups in total. The summed E-state index contributed by atoms with van der Waals surface area (Å²) in [5, 5.41) is 9.28. The zero-order valence-electron chi connectivity index (χ0n) is 7.60.